The Morgan fingerprint density at radius 3 is 3.06 bits per heavy atom. The predicted octanol–water partition coefficient (Wildman–Crippen LogP) is 0.823. The van der Waals surface area contributed by atoms with E-state index in [9.17, 15) is 9.59 Å². The number of carbonyl (C=O) groups excluding carboxylic acids is 2. The molecule has 0 spiro atoms. The number of amides is 2. The maximum Gasteiger partial charge on any atom is 0.317 e. The van der Waals surface area contributed by atoms with Gasteiger partial charge in [0.25, 0.3) is 0 Å². The summed E-state index contributed by atoms with van der Waals surface area (Å²) in [4.78, 5) is 30.8. The first kappa shape index (κ1) is 11.7. The lowest BCUT2D eigenvalue weighted by Crippen LogP contribution is -2.52. The standard InChI is InChI=1S/C10H11ClN4O2S/c11-8-7(5-16)18-10(13-8)14-1-2-15-6(4-14)3-12-9(15)17/h5-6H,1-4H2,(H,12,17). The number of urea groups is 1. The van der Waals surface area contributed by atoms with Gasteiger partial charge in [0, 0.05) is 26.2 Å². The molecule has 8 heteroatoms. The van der Waals surface area contributed by atoms with Crippen LogP contribution in [0.2, 0.25) is 5.15 Å². The third-order valence-electron chi connectivity index (χ3n) is 3.21. The maximum absolute atomic E-state index is 11.5. The second-order valence-corrected chi connectivity index (χ2v) is 5.62. The van der Waals surface area contributed by atoms with Crippen molar-refractivity contribution >= 4 is 40.4 Å². The Balaban J connectivity index is 1.78. The summed E-state index contributed by atoms with van der Waals surface area (Å²) in [6.07, 6.45) is 0.723. The van der Waals surface area contributed by atoms with Crippen molar-refractivity contribution < 1.29 is 9.59 Å². The monoisotopic (exact) mass is 286 g/mol. The number of halogens is 1. The molecule has 0 aliphatic carbocycles. The first-order valence-electron chi connectivity index (χ1n) is 5.60. The van der Waals surface area contributed by atoms with E-state index in [-0.39, 0.29) is 17.2 Å². The van der Waals surface area contributed by atoms with Crippen LogP contribution in [-0.2, 0) is 0 Å². The van der Waals surface area contributed by atoms with Crippen molar-refractivity contribution in [2.75, 3.05) is 31.1 Å². The van der Waals surface area contributed by atoms with Crippen LogP contribution in [0.1, 0.15) is 9.67 Å². The quantitative estimate of drug-likeness (QED) is 0.818. The highest BCUT2D eigenvalue weighted by Crippen LogP contribution is 2.30. The number of hydrogen-bond acceptors (Lipinski definition) is 5. The number of fused-ring (bicyclic) bond motifs is 1. The molecule has 1 atom stereocenters. The first-order chi connectivity index (χ1) is 8.69. The van der Waals surface area contributed by atoms with Crippen LogP contribution in [0.15, 0.2) is 0 Å². The molecule has 2 amide bonds. The fraction of sp³-hybridized carbons (Fsp3) is 0.500. The zero-order chi connectivity index (χ0) is 12.7. The highest BCUT2D eigenvalue weighted by Gasteiger charge is 2.36. The molecule has 2 saturated heterocycles. The average Bonchev–Trinajstić information content (AvgIpc) is 2.93. The molecule has 18 heavy (non-hydrogen) atoms. The Morgan fingerprint density at radius 1 is 1.50 bits per heavy atom. The van der Waals surface area contributed by atoms with Crippen LogP contribution in [-0.4, -0.2) is 54.4 Å². The summed E-state index contributed by atoms with van der Waals surface area (Å²) in [7, 11) is 0. The van der Waals surface area contributed by atoms with Gasteiger partial charge in [0.15, 0.2) is 16.6 Å². The van der Waals surface area contributed by atoms with Gasteiger partial charge in [0.05, 0.1) is 6.04 Å². The minimum atomic E-state index is 0.00500. The summed E-state index contributed by atoms with van der Waals surface area (Å²) in [6.45, 7) is 2.77. The molecule has 1 unspecified atom stereocenters. The molecule has 6 nitrogen and oxygen atoms in total. The van der Waals surface area contributed by atoms with Crippen molar-refractivity contribution in [2.24, 2.45) is 0 Å². The molecule has 0 bridgehead atoms. The summed E-state index contributed by atoms with van der Waals surface area (Å²) in [5, 5.41) is 3.83. The smallest absolute Gasteiger partial charge is 0.317 e. The van der Waals surface area contributed by atoms with Crippen LogP contribution < -0.4 is 10.2 Å². The van der Waals surface area contributed by atoms with E-state index in [2.05, 4.69) is 15.2 Å². The molecule has 1 aromatic rings. The van der Waals surface area contributed by atoms with E-state index in [1.807, 2.05) is 4.90 Å². The molecular formula is C10H11ClN4O2S. The number of carbonyl (C=O) groups is 2. The summed E-state index contributed by atoms with van der Waals surface area (Å²) in [5.41, 5.74) is 0. The summed E-state index contributed by atoms with van der Waals surface area (Å²) in [6, 6.07) is 0.180. The summed E-state index contributed by atoms with van der Waals surface area (Å²) in [5.74, 6) is 0. The molecule has 0 saturated carbocycles. The van der Waals surface area contributed by atoms with Crippen molar-refractivity contribution in [3.8, 4) is 0 Å². The van der Waals surface area contributed by atoms with E-state index in [4.69, 9.17) is 11.6 Å². The fourth-order valence-corrected chi connectivity index (χ4v) is 3.39. The molecule has 1 aromatic heterocycles. The molecule has 1 N–H and O–H groups in total. The van der Waals surface area contributed by atoms with E-state index in [1.54, 1.807) is 0 Å². The lowest BCUT2D eigenvalue weighted by molar-refractivity contribution is 0.112. The lowest BCUT2D eigenvalue weighted by atomic mass is 10.2. The maximum atomic E-state index is 11.5. The Bertz CT molecular complexity index is 506. The summed E-state index contributed by atoms with van der Waals surface area (Å²) < 4.78 is 0. The molecular weight excluding hydrogens is 276 g/mol. The van der Waals surface area contributed by atoms with Gasteiger partial charge < -0.3 is 15.1 Å². The SMILES string of the molecule is O=Cc1sc(N2CCN3C(=O)NCC3C2)nc1Cl. The number of nitrogens with zero attached hydrogens (tertiary/aromatic N) is 3. The topological polar surface area (TPSA) is 65.5 Å². The zero-order valence-electron chi connectivity index (χ0n) is 9.43. The first-order valence-corrected chi connectivity index (χ1v) is 6.79. The van der Waals surface area contributed by atoms with Gasteiger partial charge in [-0.05, 0) is 0 Å². The molecule has 3 rings (SSSR count). The molecule has 96 valence electrons. The van der Waals surface area contributed by atoms with Crippen LogP contribution in [0.25, 0.3) is 0 Å². The minimum Gasteiger partial charge on any atom is -0.344 e. The largest absolute Gasteiger partial charge is 0.344 e. The van der Waals surface area contributed by atoms with E-state index < -0.39 is 0 Å². The van der Waals surface area contributed by atoms with Crippen molar-refractivity contribution in [1.29, 1.82) is 0 Å². The van der Waals surface area contributed by atoms with Crippen LogP contribution in [0.3, 0.4) is 0 Å². The highest BCUT2D eigenvalue weighted by molar-refractivity contribution is 7.17. The molecule has 0 radical (unpaired) electrons. The normalized spacial score (nSPS) is 22.9. The van der Waals surface area contributed by atoms with Crippen molar-refractivity contribution in [3.05, 3.63) is 10.0 Å². The van der Waals surface area contributed by atoms with Gasteiger partial charge in [-0.25, -0.2) is 9.78 Å². The third kappa shape index (κ3) is 1.83. The number of anilines is 1. The number of hydrogen-bond donors (Lipinski definition) is 1. The number of aromatic nitrogens is 1. The van der Waals surface area contributed by atoms with Gasteiger partial charge in [-0.3, -0.25) is 4.79 Å². The third-order valence-corrected chi connectivity index (χ3v) is 4.65. The van der Waals surface area contributed by atoms with Gasteiger partial charge in [0.1, 0.15) is 4.88 Å². The van der Waals surface area contributed by atoms with Gasteiger partial charge >= 0.3 is 6.03 Å². The summed E-state index contributed by atoms with van der Waals surface area (Å²) >= 11 is 7.16. The second-order valence-electron chi connectivity index (χ2n) is 4.25. The van der Waals surface area contributed by atoms with E-state index in [0.29, 0.717) is 24.5 Å². The lowest BCUT2D eigenvalue weighted by Gasteiger charge is -2.36. The molecule has 0 aromatic carbocycles. The number of nitrogens with one attached hydrogen (secondary N) is 1. The Hall–Kier alpha value is -1.34. The highest BCUT2D eigenvalue weighted by atomic mass is 35.5. The minimum absolute atomic E-state index is 0.00500. The van der Waals surface area contributed by atoms with Crippen molar-refractivity contribution in [3.63, 3.8) is 0 Å². The number of rotatable bonds is 2. The van der Waals surface area contributed by atoms with E-state index in [1.165, 1.54) is 11.3 Å². The Labute approximate surface area is 113 Å². The zero-order valence-corrected chi connectivity index (χ0v) is 11.0. The number of aldehydes is 1. The van der Waals surface area contributed by atoms with Gasteiger partial charge in [-0.2, -0.15) is 0 Å². The van der Waals surface area contributed by atoms with E-state index in [0.717, 1.165) is 18.0 Å². The van der Waals surface area contributed by atoms with Gasteiger partial charge in [0.2, 0.25) is 0 Å². The van der Waals surface area contributed by atoms with Crippen molar-refractivity contribution in [2.45, 2.75) is 6.04 Å². The predicted molar refractivity (Wildman–Crippen MR) is 68.6 cm³/mol. The van der Waals surface area contributed by atoms with Gasteiger partial charge in [-0.15, -0.1) is 0 Å². The molecule has 2 aliphatic rings. The van der Waals surface area contributed by atoms with Gasteiger partial charge in [-0.1, -0.05) is 22.9 Å². The molecule has 2 aliphatic heterocycles. The number of thiazole rings is 1. The number of piperazine rings is 1. The Morgan fingerprint density at radius 2 is 2.33 bits per heavy atom. The van der Waals surface area contributed by atoms with Crippen molar-refractivity contribution in [1.82, 2.24) is 15.2 Å². The average molecular weight is 287 g/mol. The molecule has 3 heterocycles. The Kier molecular flexibility index (Phi) is 2.87. The second kappa shape index (κ2) is 4.40. The fourth-order valence-electron chi connectivity index (χ4n) is 2.29. The molecule has 2 fully saturated rings. The van der Waals surface area contributed by atoms with Crippen LogP contribution in [0.5, 0.6) is 0 Å². The van der Waals surface area contributed by atoms with Crippen LogP contribution >= 0.6 is 22.9 Å². The van der Waals surface area contributed by atoms with Crippen LogP contribution in [0.4, 0.5) is 9.93 Å². The van der Waals surface area contributed by atoms with E-state index >= 15 is 0 Å². The van der Waals surface area contributed by atoms with Crippen LogP contribution in [0, 0.1) is 0 Å².